The van der Waals surface area contributed by atoms with Crippen molar-refractivity contribution in [2.45, 2.75) is 26.7 Å². The van der Waals surface area contributed by atoms with Gasteiger partial charge in [0, 0.05) is 0 Å². The lowest BCUT2D eigenvalue weighted by atomic mass is 10.0. The van der Waals surface area contributed by atoms with Crippen LogP contribution in [0.3, 0.4) is 0 Å². The molecular formula is C17H17NO. The molecule has 0 aliphatic heterocycles. The highest BCUT2D eigenvalue weighted by atomic mass is 16.5. The molecule has 0 unspecified atom stereocenters. The molecule has 2 aromatic carbocycles. The average Bonchev–Trinajstić information content (AvgIpc) is 2.39. The second-order valence-electron chi connectivity index (χ2n) is 4.91. The van der Waals surface area contributed by atoms with Crippen LogP contribution >= 0.6 is 0 Å². The fourth-order valence-electron chi connectivity index (χ4n) is 1.98. The Balaban J connectivity index is 2.42. The standard InChI is InChI=1S/C17H17NO/c1-12(2)15-6-4-5-7-16(15)19-17-10-13(3)8-9-14(17)11-18/h4-10,12H,1-3H3. The maximum Gasteiger partial charge on any atom is 0.145 e. The van der Waals surface area contributed by atoms with E-state index in [0.29, 0.717) is 17.2 Å². The summed E-state index contributed by atoms with van der Waals surface area (Å²) in [5.41, 5.74) is 2.79. The molecule has 0 saturated heterocycles. The van der Waals surface area contributed by atoms with E-state index in [1.165, 1.54) is 0 Å². The minimum Gasteiger partial charge on any atom is -0.456 e. The molecule has 0 fully saturated rings. The summed E-state index contributed by atoms with van der Waals surface area (Å²) in [4.78, 5) is 0. The molecule has 0 aromatic heterocycles. The van der Waals surface area contributed by atoms with Gasteiger partial charge in [-0.25, -0.2) is 0 Å². The van der Waals surface area contributed by atoms with Crippen LogP contribution in [0.4, 0.5) is 0 Å². The molecule has 0 heterocycles. The fraction of sp³-hybridized carbons (Fsp3) is 0.235. The molecule has 0 N–H and O–H groups in total. The number of hydrogen-bond acceptors (Lipinski definition) is 2. The molecule has 0 aliphatic carbocycles. The van der Waals surface area contributed by atoms with Gasteiger partial charge in [0.1, 0.15) is 17.6 Å². The molecule has 0 aliphatic rings. The largest absolute Gasteiger partial charge is 0.456 e. The van der Waals surface area contributed by atoms with Crippen molar-refractivity contribution in [1.82, 2.24) is 0 Å². The third-order valence-corrected chi connectivity index (χ3v) is 3.02. The second-order valence-corrected chi connectivity index (χ2v) is 4.91. The van der Waals surface area contributed by atoms with Crippen LogP contribution in [0.25, 0.3) is 0 Å². The molecule has 2 rings (SSSR count). The van der Waals surface area contributed by atoms with E-state index < -0.39 is 0 Å². The Morgan fingerprint density at radius 1 is 1.05 bits per heavy atom. The third kappa shape index (κ3) is 2.95. The second kappa shape index (κ2) is 5.58. The van der Waals surface area contributed by atoms with E-state index in [4.69, 9.17) is 10.00 Å². The van der Waals surface area contributed by atoms with Crippen molar-refractivity contribution < 1.29 is 4.74 Å². The van der Waals surface area contributed by atoms with Crippen LogP contribution in [0, 0.1) is 18.3 Å². The number of benzene rings is 2. The van der Waals surface area contributed by atoms with Crippen LogP contribution < -0.4 is 4.74 Å². The van der Waals surface area contributed by atoms with Crippen molar-refractivity contribution in [3.8, 4) is 17.6 Å². The summed E-state index contributed by atoms with van der Waals surface area (Å²) in [6.45, 7) is 6.25. The predicted molar refractivity (Wildman–Crippen MR) is 76.5 cm³/mol. The Morgan fingerprint density at radius 2 is 1.79 bits per heavy atom. The van der Waals surface area contributed by atoms with Crippen molar-refractivity contribution in [2.75, 3.05) is 0 Å². The first-order valence-corrected chi connectivity index (χ1v) is 6.39. The van der Waals surface area contributed by atoms with Gasteiger partial charge in [-0.05, 0) is 42.2 Å². The van der Waals surface area contributed by atoms with Gasteiger partial charge in [-0.15, -0.1) is 0 Å². The van der Waals surface area contributed by atoms with E-state index in [0.717, 1.165) is 16.9 Å². The van der Waals surface area contributed by atoms with Crippen LogP contribution in [-0.2, 0) is 0 Å². The summed E-state index contributed by atoms with van der Waals surface area (Å²) in [5.74, 6) is 1.82. The van der Waals surface area contributed by atoms with Crippen LogP contribution in [0.1, 0.15) is 36.5 Å². The van der Waals surface area contributed by atoms with Gasteiger partial charge in [0.15, 0.2) is 0 Å². The van der Waals surface area contributed by atoms with Gasteiger partial charge in [0.25, 0.3) is 0 Å². The van der Waals surface area contributed by atoms with Crippen molar-refractivity contribution in [3.05, 3.63) is 59.2 Å². The zero-order valence-electron chi connectivity index (χ0n) is 11.5. The van der Waals surface area contributed by atoms with Gasteiger partial charge in [-0.3, -0.25) is 0 Å². The van der Waals surface area contributed by atoms with E-state index in [9.17, 15) is 0 Å². The van der Waals surface area contributed by atoms with Crippen molar-refractivity contribution in [1.29, 1.82) is 5.26 Å². The zero-order chi connectivity index (χ0) is 13.8. The quantitative estimate of drug-likeness (QED) is 0.786. The minimum atomic E-state index is 0.381. The van der Waals surface area contributed by atoms with Crippen molar-refractivity contribution in [2.24, 2.45) is 0 Å². The van der Waals surface area contributed by atoms with E-state index >= 15 is 0 Å². The van der Waals surface area contributed by atoms with E-state index in [1.807, 2.05) is 37.3 Å². The first-order chi connectivity index (χ1) is 9.11. The SMILES string of the molecule is Cc1ccc(C#N)c(Oc2ccccc2C(C)C)c1. The number of aryl methyl sites for hydroxylation is 1. The number of nitrogens with zero attached hydrogens (tertiary/aromatic N) is 1. The number of para-hydroxylation sites is 1. The van der Waals surface area contributed by atoms with Gasteiger partial charge in [0.05, 0.1) is 5.56 Å². The summed E-state index contributed by atoms with van der Waals surface area (Å²) in [7, 11) is 0. The number of rotatable bonds is 3. The molecule has 2 aromatic rings. The molecule has 0 radical (unpaired) electrons. The molecule has 19 heavy (non-hydrogen) atoms. The van der Waals surface area contributed by atoms with Gasteiger partial charge < -0.3 is 4.74 Å². The lowest BCUT2D eigenvalue weighted by molar-refractivity contribution is 0.471. The summed E-state index contributed by atoms with van der Waals surface area (Å²) >= 11 is 0. The third-order valence-electron chi connectivity index (χ3n) is 3.02. The first kappa shape index (κ1) is 13.2. The van der Waals surface area contributed by atoms with E-state index in [-0.39, 0.29) is 0 Å². The lowest BCUT2D eigenvalue weighted by Gasteiger charge is -2.14. The average molecular weight is 251 g/mol. The maximum atomic E-state index is 9.14. The minimum absolute atomic E-state index is 0.381. The van der Waals surface area contributed by atoms with Gasteiger partial charge in [0.2, 0.25) is 0 Å². The Morgan fingerprint density at radius 3 is 2.47 bits per heavy atom. The predicted octanol–water partition coefficient (Wildman–Crippen LogP) is 4.78. The van der Waals surface area contributed by atoms with Gasteiger partial charge in [-0.2, -0.15) is 5.26 Å². The molecule has 2 nitrogen and oxygen atoms in total. The van der Waals surface area contributed by atoms with Crippen LogP contribution in [0.5, 0.6) is 11.5 Å². The Kier molecular flexibility index (Phi) is 3.87. The number of ether oxygens (including phenoxy) is 1. The molecule has 96 valence electrons. The molecule has 0 bridgehead atoms. The highest BCUT2D eigenvalue weighted by Gasteiger charge is 2.10. The highest BCUT2D eigenvalue weighted by molar-refractivity contribution is 5.48. The summed E-state index contributed by atoms with van der Waals surface area (Å²) in [6.07, 6.45) is 0. The lowest BCUT2D eigenvalue weighted by Crippen LogP contribution is -1.95. The van der Waals surface area contributed by atoms with Crippen LogP contribution in [-0.4, -0.2) is 0 Å². The Labute approximate surface area is 114 Å². The van der Waals surface area contributed by atoms with Gasteiger partial charge >= 0.3 is 0 Å². The molecule has 0 atom stereocenters. The smallest absolute Gasteiger partial charge is 0.145 e. The number of nitriles is 1. The van der Waals surface area contributed by atoms with Crippen LogP contribution in [0.2, 0.25) is 0 Å². The molecule has 0 spiro atoms. The monoisotopic (exact) mass is 251 g/mol. The maximum absolute atomic E-state index is 9.14. The van der Waals surface area contributed by atoms with Crippen molar-refractivity contribution >= 4 is 0 Å². The Bertz CT molecular complexity index is 623. The normalized spacial score (nSPS) is 10.3. The topological polar surface area (TPSA) is 33.0 Å². The summed E-state index contributed by atoms with van der Waals surface area (Å²) in [6, 6.07) is 15.7. The zero-order valence-corrected chi connectivity index (χ0v) is 11.5. The molecule has 0 saturated carbocycles. The summed E-state index contributed by atoms with van der Waals surface area (Å²) in [5, 5.41) is 9.14. The first-order valence-electron chi connectivity index (χ1n) is 6.39. The highest BCUT2D eigenvalue weighted by Crippen LogP contribution is 2.32. The molecular weight excluding hydrogens is 234 g/mol. The molecule has 2 heteroatoms. The van der Waals surface area contributed by atoms with Crippen molar-refractivity contribution in [3.63, 3.8) is 0 Å². The summed E-state index contributed by atoms with van der Waals surface area (Å²) < 4.78 is 5.95. The van der Waals surface area contributed by atoms with Gasteiger partial charge in [-0.1, -0.05) is 38.1 Å². The fourth-order valence-corrected chi connectivity index (χ4v) is 1.98. The van der Waals surface area contributed by atoms with E-state index in [1.54, 1.807) is 6.07 Å². The number of hydrogen-bond donors (Lipinski definition) is 0. The molecule has 0 amide bonds. The Hall–Kier alpha value is -2.27. The van der Waals surface area contributed by atoms with Crippen LogP contribution in [0.15, 0.2) is 42.5 Å². The van der Waals surface area contributed by atoms with E-state index in [2.05, 4.69) is 26.0 Å².